The normalized spacial score (nSPS) is 11.4. The second-order valence-corrected chi connectivity index (χ2v) is 4.78. The summed E-state index contributed by atoms with van der Waals surface area (Å²) in [5.74, 6) is -0.905. The van der Waals surface area contributed by atoms with Gasteiger partial charge in [0.15, 0.2) is 0 Å². The van der Waals surface area contributed by atoms with E-state index in [1.807, 2.05) is 0 Å². The van der Waals surface area contributed by atoms with Crippen LogP contribution in [0.2, 0.25) is 0 Å². The van der Waals surface area contributed by atoms with E-state index in [9.17, 15) is 28.1 Å². The molecule has 0 saturated carbocycles. The van der Waals surface area contributed by atoms with Crippen LogP contribution in [-0.2, 0) is 7.05 Å². The van der Waals surface area contributed by atoms with Crippen molar-refractivity contribution in [3.63, 3.8) is 0 Å². The average molecular weight is 358 g/mol. The van der Waals surface area contributed by atoms with Crippen molar-refractivity contribution >= 4 is 27.5 Å². The van der Waals surface area contributed by atoms with Gasteiger partial charge in [-0.05, 0) is 0 Å². The highest BCUT2D eigenvalue weighted by Gasteiger charge is 2.34. The van der Waals surface area contributed by atoms with Crippen LogP contribution in [0.4, 0.5) is 18.9 Å². The van der Waals surface area contributed by atoms with Gasteiger partial charge in [0.1, 0.15) is 12.2 Å². The highest BCUT2D eigenvalue weighted by atomic mass is 79.9. The van der Waals surface area contributed by atoms with Gasteiger partial charge in [0.2, 0.25) is 0 Å². The van der Waals surface area contributed by atoms with Crippen LogP contribution in [0.3, 0.4) is 0 Å². The first-order chi connectivity index (χ1) is 9.15. The first-order valence-corrected chi connectivity index (χ1v) is 6.50. The number of nitrogens with zero attached hydrogens (tertiary/aromatic N) is 3. The molecule has 0 bridgehead atoms. The van der Waals surface area contributed by atoms with Crippen molar-refractivity contribution in [2.24, 2.45) is 7.05 Å². The molecule has 0 aliphatic carbocycles. The minimum Gasteiger partial charge on any atom is -0.340 e. The Labute approximate surface area is 120 Å². The third-order valence-corrected chi connectivity index (χ3v) is 2.79. The number of carbonyl (C=O) groups excluding carboxylic acids is 1. The number of halogens is 4. The van der Waals surface area contributed by atoms with Crippen LogP contribution in [0.1, 0.15) is 10.5 Å². The largest absolute Gasteiger partial charge is 0.406 e. The maximum absolute atomic E-state index is 12.4. The predicted octanol–water partition coefficient (Wildman–Crippen LogP) is 2.33. The Bertz CT molecular complexity index is 516. The summed E-state index contributed by atoms with van der Waals surface area (Å²) in [5, 5.41) is 10.8. The van der Waals surface area contributed by atoms with Crippen LogP contribution in [-0.4, -0.2) is 44.9 Å². The molecule has 0 aliphatic heterocycles. The quantitative estimate of drug-likeness (QED) is 0.461. The second-order valence-electron chi connectivity index (χ2n) is 3.98. The van der Waals surface area contributed by atoms with Gasteiger partial charge in [0.05, 0.1) is 11.1 Å². The number of hydrogen-bond acceptors (Lipinski definition) is 3. The molecule has 0 N–H and O–H groups in total. The first kappa shape index (κ1) is 16.5. The molecule has 0 spiro atoms. The van der Waals surface area contributed by atoms with Crippen molar-refractivity contribution in [1.82, 2.24) is 9.47 Å². The SMILES string of the molecule is Cn1cc([N+](=O)[O-])cc1C(=O)N(CCBr)CC(F)(F)F. The molecule has 20 heavy (non-hydrogen) atoms. The van der Waals surface area contributed by atoms with Crippen LogP contribution < -0.4 is 0 Å². The molecule has 1 heterocycles. The molecule has 1 aromatic rings. The molecule has 0 fully saturated rings. The molecule has 0 aliphatic rings. The first-order valence-electron chi connectivity index (χ1n) is 5.38. The molecule has 112 valence electrons. The zero-order chi connectivity index (χ0) is 15.5. The van der Waals surface area contributed by atoms with Gasteiger partial charge in [-0.2, -0.15) is 13.2 Å². The summed E-state index contributed by atoms with van der Waals surface area (Å²) in [7, 11) is 1.36. The summed E-state index contributed by atoms with van der Waals surface area (Å²) in [6.45, 7) is -1.56. The maximum Gasteiger partial charge on any atom is 0.406 e. The lowest BCUT2D eigenvalue weighted by molar-refractivity contribution is -0.384. The van der Waals surface area contributed by atoms with Gasteiger partial charge in [0.25, 0.3) is 11.6 Å². The number of carbonyl (C=O) groups is 1. The topological polar surface area (TPSA) is 68.4 Å². The van der Waals surface area contributed by atoms with Crippen molar-refractivity contribution in [3.8, 4) is 0 Å². The Kier molecular flexibility index (Phi) is 5.15. The van der Waals surface area contributed by atoms with Crippen molar-refractivity contribution in [2.45, 2.75) is 6.18 Å². The van der Waals surface area contributed by atoms with E-state index in [2.05, 4.69) is 15.9 Å². The van der Waals surface area contributed by atoms with Gasteiger partial charge in [0, 0.05) is 25.0 Å². The number of hydrogen-bond donors (Lipinski definition) is 0. The van der Waals surface area contributed by atoms with E-state index >= 15 is 0 Å². The summed E-state index contributed by atoms with van der Waals surface area (Å²) in [4.78, 5) is 22.5. The Morgan fingerprint density at radius 1 is 1.55 bits per heavy atom. The third kappa shape index (κ3) is 4.22. The zero-order valence-corrected chi connectivity index (χ0v) is 11.9. The van der Waals surface area contributed by atoms with E-state index in [4.69, 9.17) is 0 Å². The monoisotopic (exact) mass is 357 g/mol. The zero-order valence-electron chi connectivity index (χ0n) is 10.4. The van der Waals surface area contributed by atoms with E-state index in [0.717, 1.165) is 16.8 Å². The second kappa shape index (κ2) is 6.25. The third-order valence-electron chi connectivity index (χ3n) is 2.43. The summed E-state index contributed by atoms with van der Waals surface area (Å²) in [6.07, 6.45) is -3.46. The lowest BCUT2D eigenvalue weighted by atomic mass is 10.3. The molecule has 0 unspecified atom stereocenters. The summed E-state index contributed by atoms with van der Waals surface area (Å²) >= 11 is 2.97. The molecule has 1 aromatic heterocycles. The highest BCUT2D eigenvalue weighted by Crippen LogP contribution is 2.21. The minimum atomic E-state index is -4.53. The van der Waals surface area contributed by atoms with E-state index in [1.54, 1.807) is 0 Å². The van der Waals surface area contributed by atoms with Crippen LogP contribution >= 0.6 is 15.9 Å². The minimum absolute atomic E-state index is 0.155. The highest BCUT2D eigenvalue weighted by molar-refractivity contribution is 9.09. The number of nitro groups is 1. The Balaban J connectivity index is 3.03. The van der Waals surface area contributed by atoms with E-state index in [-0.39, 0.29) is 23.3 Å². The van der Waals surface area contributed by atoms with Crippen LogP contribution in [0, 0.1) is 10.1 Å². The van der Waals surface area contributed by atoms with Crippen LogP contribution in [0.25, 0.3) is 0 Å². The van der Waals surface area contributed by atoms with Gasteiger partial charge < -0.3 is 9.47 Å². The molecule has 1 rings (SSSR count). The number of amides is 1. The molecule has 10 heteroatoms. The Hall–Kier alpha value is -1.58. The van der Waals surface area contributed by atoms with Crippen molar-refractivity contribution in [3.05, 3.63) is 28.1 Å². The van der Waals surface area contributed by atoms with Gasteiger partial charge in [-0.25, -0.2) is 0 Å². The molecule has 0 atom stereocenters. The molecular weight excluding hydrogens is 347 g/mol. The standard InChI is InChI=1S/C10H11BrF3N3O3/c1-15-5-7(17(19)20)4-8(15)9(18)16(3-2-11)6-10(12,13)14/h4-5H,2-3,6H2,1H3. The molecule has 6 nitrogen and oxygen atoms in total. The van der Waals surface area contributed by atoms with E-state index in [0.29, 0.717) is 4.90 Å². The van der Waals surface area contributed by atoms with Crippen LogP contribution in [0.5, 0.6) is 0 Å². The van der Waals surface area contributed by atoms with Crippen molar-refractivity contribution < 1.29 is 22.9 Å². The molecule has 0 aromatic carbocycles. The lowest BCUT2D eigenvalue weighted by Crippen LogP contribution is -2.40. The lowest BCUT2D eigenvalue weighted by Gasteiger charge is -2.23. The maximum atomic E-state index is 12.4. The fourth-order valence-corrected chi connectivity index (χ4v) is 2.02. The van der Waals surface area contributed by atoms with Crippen LogP contribution in [0.15, 0.2) is 12.3 Å². The Morgan fingerprint density at radius 2 is 2.15 bits per heavy atom. The molecule has 0 radical (unpaired) electrons. The Morgan fingerprint density at radius 3 is 2.55 bits per heavy atom. The molecule has 0 saturated heterocycles. The van der Waals surface area contributed by atoms with E-state index in [1.165, 1.54) is 7.05 Å². The van der Waals surface area contributed by atoms with Gasteiger partial charge in [-0.1, -0.05) is 15.9 Å². The van der Waals surface area contributed by atoms with Gasteiger partial charge in [-0.15, -0.1) is 0 Å². The summed E-state index contributed by atoms with van der Waals surface area (Å²) in [5.41, 5.74) is -0.511. The smallest absolute Gasteiger partial charge is 0.340 e. The number of alkyl halides is 4. The average Bonchev–Trinajstić information content (AvgIpc) is 2.68. The van der Waals surface area contributed by atoms with Gasteiger partial charge in [-0.3, -0.25) is 14.9 Å². The number of aryl methyl sites for hydroxylation is 1. The van der Waals surface area contributed by atoms with Crippen molar-refractivity contribution in [1.29, 1.82) is 0 Å². The van der Waals surface area contributed by atoms with E-state index < -0.39 is 23.6 Å². The van der Waals surface area contributed by atoms with Gasteiger partial charge >= 0.3 is 6.18 Å². The predicted molar refractivity (Wildman–Crippen MR) is 67.8 cm³/mol. The summed E-state index contributed by atoms with van der Waals surface area (Å²) < 4.78 is 38.4. The fraction of sp³-hybridized carbons (Fsp3) is 0.500. The fourth-order valence-electron chi connectivity index (χ4n) is 1.59. The number of rotatable bonds is 5. The van der Waals surface area contributed by atoms with Crippen molar-refractivity contribution in [2.75, 3.05) is 18.4 Å². The number of aromatic nitrogens is 1. The summed E-state index contributed by atoms with van der Waals surface area (Å²) in [6, 6.07) is 0.958. The molecular formula is C10H11BrF3N3O3. The molecule has 1 amide bonds.